The van der Waals surface area contributed by atoms with E-state index in [0.717, 1.165) is 54.3 Å². The second kappa shape index (κ2) is 8.00. The molecule has 0 saturated heterocycles. The molecule has 2 aliphatic rings. The zero-order chi connectivity index (χ0) is 22.3. The Hall–Kier alpha value is -3.29. The lowest BCUT2D eigenvalue weighted by Gasteiger charge is -2.41. The van der Waals surface area contributed by atoms with Crippen molar-refractivity contribution in [3.8, 4) is 0 Å². The molecule has 166 valence electrons. The standard InChI is InChI=1S/C24H27FN6O/c1-3-30-20-14-26-21(28-22(20)31(4-2)24(11-12-24)23(30)32)10-7-18-13-27-29(16-18)15-17-5-8-19(25)9-6-17/h5-6,8-9,13-14,16H,3-4,7,10-12,15H2,1-2H3. The SMILES string of the molecule is CCN1C(=O)C2(CC2)N(CC)c2nc(CCc3cnn(Cc4ccc(F)cc4)c3)ncc21. The Morgan fingerprint density at radius 1 is 1.03 bits per heavy atom. The lowest BCUT2D eigenvalue weighted by Crippen LogP contribution is -2.56. The maximum absolute atomic E-state index is 13.1. The number of anilines is 2. The molecule has 0 atom stereocenters. The summed E-state index contributed by atoms with van der Waals surface area (Å²) >= 11 is 0. The fourth-order valence-corrected chi connectivity index (χ4v) is 4.61. The molecule has 3 aromatic rings. The van der Waals surface area contributed by atoms with Gasteiger partial charge in [0.05, 0.1) is 18.9 Å². The number of fused-ring (bicyclic) bond motifs is 1. The molecule has 1 amide bonds. The Morgan fingerprint density at radius 2 is 1.81 bits per heavy atom. The lowest BCUT2D eigenvalue weighted by atomic mass is 10.1. The minimum Gasteiger partial charge on any atom is -0.340 e. The van der Waals surface area contributed by atoms with Gasteiger partial charge in [-0.1, -0.05) is 12.1 Å². The second-order valence-corrected chi connectivity index (χ2v) is 8.49. The average molecular weight is 435 g/mol. The van der Waals surface area contributed by atoms with E-state index in [1.165, 1.54) is 12.1 Å². The summed E-state index contributed by atoms with van der Waals surface area (Å²) in [6.45, 7) is 6.06. The highest BCUT2D eigenvalue weighted by molar-refractivity contribution is 6.09. The van der Waals surface area contributed by atoms with E-state index in [-0.39, 0.29) is 11.7 Å². The minimum atomic E-state index is -0.398. The molecular formula is C24H27FN6O. The molecule has 7 nitrogen and oxygen atoms in total. The normalized spacial score (nSPS) is 16.5. The highest BCUT2D eigenvalue weighted by Gasteiger charge is 2.59. The Kier molecular flexibility index (Phi) is 5.15. The third-order valence-corrected chi connectivity index (χ3v) is 6.44. The number of hydrogen-bond donors (Lipinski definition) is 0. The zero-order valence-electron chi connectivity index (χ0n) is 18.5. The van der Waals surface area contributed by atoms with Crippen LogP contribution in [0.2, 0.25) is 0 Å². The number of amides is 1. The molecule has 1 aromatic carbocycles. The summed E-state index contributed by atoms with van der Waals surface area (Å²) in [5.41, 5.74) is 2.52. The second-order valence-electron chi connectivity index (χ2n) is 8.49. The van der Waals surface area contributed by atoms with Crippen molar-refractivity contribution in [1.29, 1.82) is 0 Å². The smallest absolute Gasteiger partial charge is 0.253 e. The lowest BCUT2D eigenvalue weighted by molar-refractivity contribution is -0.121. The van der Waals surface area contributed by atoms with Crippen molar-refractivity contribution in [1.82, 2.24) is 19.7 Å². The molecule has 0 radical (unpaired) electrons. The van der Waals surface area contributed by atoms with Crippen LogP contribution in [0.25, 0.3) is 0 Å². The highest BCUT2D eigenvalue weighted by atomic mass is 19.1. The van der Waals surface area contributed by atoms with E-state index >= 15 is 0 Å². The number of halogens is 1. The summed E-state index contributed by atoms with van der Waals surface area (Å²) in [7, 11) is 0. The van der Waals surface area contributed by atoms with Crippen LogP contribution in [0.4, 0.5) is 15.9 Å². The fourth-order valence-electron chi connectivity index (χ4n) is 4.61. The topological polar surface area (TPSA) is 67.2 Å². The van der Waals surface area contributed by atoms with E-state index in [1.54, 1.807) is 18.3 Å². The maximum Gasteiger partial charge on any atom is 0.253 e. The van der Waals surface area contributed by atoms with Crippen molar-refractivity contribution in [2.45, 2.75) is 51.6 Å². The molecule has 32 heavy (non-hydrogen) atoms. The van der Waals surface area contributed by atoms with Crippen LogP contribution in [0.1, 0.15) is 43.6 Å². The van der Waals surface area contributed by atoms with Crippen molar-refractivity contribution in [2.75, 3.05) is 22.9 Å². The number of carbonyl (C=O) groups is 1. The van der Waals surface area contributed by atoms with Gasteiger partial charge in [0.1, 0.15) is 22.9 Å². The van der Waals surface area contributed by atoms with Gasteiger partial charge in [-0.05, 0) is 56.4 Å². The quantitative estimate of drug-likeness (QED) is 0.570. The molecule has 0 bridgehead atoms. The summed E-state index contributed by atoms with van der Waals surface area (Å²) in [6.07, 6.45) is 8.92. The van der Waals surface area contributed by atoms with Gasteiger partial charge >= 0.3 is 0 Å². The first kappa shape index (κ1) is 20.6. The van der Waals surface area contributed by atoms with Gasteiger partial charge in [0.15, 0.2) is 5.82 Å². The van der Waals surface area contributed by atoms with Crippen molar-refractivity contribution >= 4 is 17.4 Å². The van der Waals surface area contributed by atoms with Gasteiger partial charge in [-0.3, -0.25) is 9.48 Å². The Balaban J connectivity index is 1.31. The molecule has 2 aromatic heterocycles. The van der Waals surface area contributed by atoms with Crippen LogP contribution >= 0.6 is 0 Å². The molecule has 0 unspecified atom stereocenters. The minimum absolute atomic E-state index is 0.180. The predicted octanol–water partition coefficient (Wildman–Crippen LogP) is 3.37. The van der Waals surface area contributed by atoms with Crippen LogP contribution in [0.3, 0.4) is 0 Å². The van der Waals surface area contributed by atoms with E-state index in [4.69, 9.17) is 4.98 Å². The molecular weight excluding hydrogens is 407 g/mol. The highest BCUT2D eigenvalue weighted by Crippen LogP contribution is 2.51. The zero-order valence-corrected chi connectivity index (χ0v) is 18.5. The maximum atomic E-state index is 13.1. The molecule has 1 spiro atoms. The van der Waals surface area contributed by atoms with Gasteiger partial charge in [-0.15, -0.1) is 0 Å². The summed E-state index contributed by atoms with van der Waals surface area (Å²) in [6, 6.07) is 6.47. The largest absolute Gasteiger partial charge is 0.340 e. The van der Waals surface area contributed by atoms with Crippen molar-refractivity contribution < 1.29 is 9.18 Å². The Morgan fingerprint density at radius 3 is 2.50 bits per heavy atom. The third-order valence-electron chi connectivity index (χ3n) is 6.44. The van der Waals surface area contributed by atoms with Crippen LogP contribution in [0, 0.1) is 5.82 Å². The fraction of sp³-hybridized carbons (Fsp3) is 0.417. The van der Waals surface area contributed by atoms with Crippen molar-refractivity contribution in [3.05, 3.63) is 65.6 Å². The van der Waals surface area contributed by atoms with E-state index < -0.39 is 5.54 Å². The van der Waals surface area contributed by atoms with E-state index in [2.05, 4.69) is 21.9 Å². The van der Waals surface area contributed by atoms with Crippen molar-refractivity contribution in [2.24, 2.45) is 0 Å². The molecule has 1 saturated carbocycles. The summed E-state index contributed by atoms with van der Waals surface area (Å²) in [5.74, 6) is 1.60. The number of benzene rings is 1. The average Bonchev–Trinajstić information content (AvgIpc) is 3.47. The number of rotatable bonds is 7. The van der Waals surface area contributed by atoms with Crippen LogP contribution < -0.4 is 9.80 Å². The number of nitrogens with zero attached hydrogens (tertiary/aromatic N) is 6. The van der Waals surface area contributed by atoms with Gasteiger partial charge in [0, 0.05) is 25.7 Å². The van der Waals surface area contributed by atoms with Crippen LogP contribution in [0.15, 0.2) is 42.9 Å². The summed E-state index contributed by atoms with van der Waals surface area (Å²) in [4.78, 5) is 26.5. The number of carbonyl (C=O) groups excluding carboxylic acids is 1. The van der Waals surface area contributed by atoms with Gasteiger partial charge in [0.25, 0.3) is 5.91 Å². The van der Waals surface area contributed by atoms with E-state index in [1.807, 2.05) is 28.9 Å². The van der Waals surface area contributed by atoms with Gasteiger partial charge < -0.3 is 9.80 Å². The first-order chi connectivity index (χ1) is 15.5. The number of likely N-dealkylation sites (N-methyl/N-ethyl adjacent to an activating group) is 2. The molecule has 8 heteroatoms. The molecule has 3 heterocycles. The van der Waals surface area contributed by atoms with E-state index in [9.17, 15) is 9.18 Å². The number of hydrogen-bond acceptors (Lipinski definition) is 5. The monoisotopic (exact) mass is 434 g/mol. The summed E-state index contributed by atoms with van der Waals surface area (Å²) < 4.78 is 15.0. The van der Waals surface area contributed by atoms with Gasteiger partial charge in [-0.25, -0.2) is 14.4 Å². The van der Waals surface area contributed by atoms with Crippen molar-refractivity contribution in [3.63, 3.8) is 0 Å². The third kappa shape index (κ3) is 3.53. The van der Waals surface area contributed by atoms with E-state index in [0.29, 0.717) is 19.5 Å². The van der Waals surface area contributed by atoms with Crippen LogP contribution in [-0.2, 0) is 24.2 Å². The number of aromatic nitrogens is 4. The van der Waals surface area contributed by atoms with Crippen LogP contribution in [0.5, 0.6) is 0 Å². The molecule has 1 aliphatic heterocycles. The molecule has 1 aliphatic carbocycles. The first-order valence-corrected chi connectivity index (χ1v) is 11.3. The predicted molar refractivity (Wildman–Crippen MR) is 120 cm³/mol. The summed E-state index contributed by atoms with van der Waals surface area (Å²) in [5, 5.41) is 4.43. The molecule has 1 fully saturated rings. The molecule has 5 rings (SSSR count). The molecule has 0 N–H and O–H groups in total. The number of aryl methyl sites for hydroxylation is 2. The first-order valence-electron chi connectivity index (χ1n) is 11.3. The van der Waals surface area contributed by atoms with Crippen LogP contribution in [-0.4, -0.2) is 44.3 Å². The Labute approximate surface area is 186 Å². The Bertz CT molecular complexity index is 1140. The van der Waals surface area contributed by atoms with Gasteiger partial charge in [-0.2, -0.15) is 5.10 Å². The van der Waals surface area contributed by atoms with Gasteiger partial charge in [0.2, 0.25) is 0 Å².